The third kappa shape index (κ3) is 3.11. The topological polar surface area (TPSA) is 64.1 Å². The van der Waals surface area contributed by atoms with E-state index in [0.717, 1.165) is 6.07 Å². The molecule has 1 saturated heterocycles. The van der Waals surface area contributed by atoms with Gasteiger partial charge in [0.15, 0.2) is 11.6 Å². The summed E-state index contributed by atoms with van der Waals surface area (Å²) in [7, 11) is 1.91. The number of carbonyl (C=O) groups is 2. The molecule has 2 aliphatic rings. The molecule has 0 saturated carbocycles. The average molecular weight is 371 g/mol. The Labute approximate surface area is 148 Å². The first-order valence-corrected chi connectivity index (χ1v) is 8.38. The van der Waals surface area contributed by atoms with Gasteiger partial charge in [0, 0.05) is 44.8 Å². The summed E-state index contributed by atoms with van der Waals surface area (Å²) in [5, 5.41) is 9.20. The SMILES string of the molecule is CN1CCN(c2c(F)cc3c(c2F)N(CCF)CC(C(=O)O)C3=O)CC1. The van der Waals surface area contributed by atoms with E-state index in [1.165, 1.54) is 4.90 Å². The van der Waals surface area contributed by atoms with E-state index in [9.17, 15) is 23.5 Å². The number of anilines is 2. The minimum Gasteiger partial charge on any atom is -0.481 e. The number of halogens is 3. The van der Waals surface area contributed by atoms with Crippen LogP contribution in [0.3, 0.4) is 0 Å². The maximum Gasteiger partial charge on any atom is 0.316 e. The van der Waals surface area contributed by atoms with Crippen LogP contribution in [0, 0.1) is 17.6 Å². The van der Waals surface area contributed by atoms with Crippen molar-refractivity contribution in [3.63, 3.8) is 0 Å². The van der Waals surface area contributed by atoms with Gasteiger partial charge in [-0.15, -0.1) is 0 Å². The second kappa shape index (κ2) is 7.14. The molecule has 26 heavy (non-hydrogen) atoms. The molecule has 1 atom stereocenters. The van der Waals surface area contributed by atoms with Crippen molar-refractivity contribution in [1.29, 1.82) is 0 Å². The summed E-state index contributed by atoms with van der Waals surface area (Å²) in [5.41, 5.74) is -0.798. The number of alkyl halides is 1. The first-order valence-electron chi connectivity index (χ1n) is 8.38. The van der Waals surface area contributed by atoms with Gasteiger partial charge in [-0.1, -0.05) is 0 Å². The number of likely N-dealkylation sites (N-methyl/N-ethyl adjacent to an activating group) is 1. The number of aliphatic carboxylic acids is 1. The third-order valence-electron chi connectivity index (χ3n) is 4.94. The second-order valence-electron chi connectivity index (χ2n) is 6.60. The number of piperazine rings is 1. The van der Waals surface area contributed by atoms with Gasteiger partial charge < -0.3 is 19.8 Å². The highest BCUT2D eigenvalue weighted by Crippen LogP contribution is 2.39. The average Bonchev–Trinajstić information content (AvgIpc) is 2.58. The van der Waals surface area contributed by atoms with E-state index in [2.05, 4.69) is 0 Å². The van der Waals surface area contributed by atoms with Crippen LogP contribution in [0.2, 0.25) is 0 Å². The molecule has 9 heteroatoms. The van der Waals surface area contributed by atoms with Crippen molar-refractivity contribution in [3.8, 4) is 0 Å². The number of carboxylic acids is 1. The van der Waals surface area contributed by atoms with E-state index in [1.54, 1.807) is 4.90 Å². The molecule has 0 radical (unpaired) electrons. The molecule has 1 aromatic carbocycles. The molecule has 1 N–H and O–H groups in total. The number of carbonyl (C=O) groups excluding carboxylic acids is 1. The Morgan fingerprint density at radius 3 is 2.46 bits per heavy atom. The van der Waals surface area contributed by atoms with Crippen LogP contribution in [-0.4, -0.2) is 74.7 Å². The van der Waals surface area contributed by atoms with Crippen molar-refractivity contribution in [2.75, 3.05) is 62.8 Å². The molecule has 2 aliphatic heterocycles. The summed E-state index contributed by atoms with van der Waals surface area (Å²) in [6.45, 7) is 0.634. The fourth-order valence-corrected chi connectivity index (χ4v) is 3.49. The summed E-state index contributed by atoms with van der Waals surface area (Å²) >= 11 is 0. The molecule has 0 amide bonds. The van der Waals surface area contributed by atoms with Crippen molar-refractivity contribution in [2.24, 2.45) is 5.92 Å². The van der Waals surface area contributed by atoms with Crippen LogP contribution in [-0.2, 0) is 4.79 Å². The molecule has 2 heterocycles. The van der Waals surface area contributed by atoms with Gasteiger partial charge in [0.2, 0.25) is 0 Å². The summed E-state index contributed by atoms with van der Waals surface area (Å²) in [4.78, 5) is 28.5. The van der Waals surface area contributed by atoms with Gasteiger partial charge in [-0.25, -0.2) is 13.2 Å². The number of carboxylic acid groups (broad SMARTS) is 1. The van der Waals surface area contributed by atoms with Crippen molar-refractivity contribution in [1.82, 2.24) is 4.90 Å². The molecule has 142 valence electrons. The molecule has 0 aromatic heterocycles. The Balaban J connectivity index is 2.09. The Hall–Kier alpha value is -2.29. The first kappa shape index (κ1) is 18.5. The predicted molar refractivity (Wildman–Crippen MR) is 89.7 cm³/mol. The van der Waals surface area contributed by atoms with Gasteiger partial charge in [-0.2, -0.15) is 0 Å². The molecule has 6 nitrogen and oxygen atoms in total. The summed E-state index contributed by atoms with van der Waals surface area (Å²) in [6, 6.07) is 0.884. The maximum atomic E-state index is 15.2. The lowest BCUT2D eigenvalue weighted by molar-refractivity contribution is -0.139. The fourth-order valence-electron chi connectivity index (χ4n) is 3.49. The highest BCUT2D eigenvalue weighted by molar-refractivity contribution is 6.13. The van der Waals surface area contributed by atoms with Crippen molar-refractivity contribution in [3.05, 3.63) is 23.3 Å². The Bertz CT molecular complexity index is 736. The number of hydrogen-bond acceptors (Lipinski definition) is 5. The van der Waals surface area contributed by atoms with Crippen LogP contribution in [0.4, 0.5) is 24.5 Å². The van der Waals surface area contributed by atoms with Gasteiger partial charge in [-0.3, -0.25) is 9.59 Å². The number of rotatable bonds is 4. The molecule has 1 aromatic rings. The van der Waals surface area contributed by atoms with Gasteiger partial charge in [0.05, 0.1) is 5.69 Å². The lowest BCUT2D eigenvalue weighted by Crippen LogP contribution is -2.47. The van der Waals surface area contributed by atoms with E-state index < -0.39 is 36.0 Å². The van der Waals surface area contributed by atoms with Crippen LogP contribution < -0.4 is 9.80 Å². The molecule has 1 unspecified atom stereocenters. The normalized spacial score (nSPS) is 21.1. The fraction of sp³-hybridized carbons (Fsp3) is 0.529. The third-order valence-corrected chi connectivity index (χ3v) is 4.94. The first-order chi connectivity index (χ1) is 12.3. The molecule has 3 rings (SSSR count). The maximum absolute atomic E-state index is 15.2. The van der Waals surface area contributed by atoms with Crippen LogP contribution >= 0.6 is 0 Å². The van der Waals surface area contributed by atoms with Crippen LogP contribution in [0.25, 0.3) is 0 Å². The van der Waals surface area contributed by atoms with Crippen LogP contribution in [0.15, 0.2) is 6.07 Å². The Kier molecular flexibility index (Phi) is 5.08. The van der Waals surface area contributed by atoms with Gasteiger partial charge in [-0.05, 0) is 13.1 Å². The van der Waals surface area contributed by atoms with E-state index in [-0.39, 0.29) is 30.0 Å². The zero-order valence-corrected chi connectivity index (χ0v) is 14.3. The molecular weight excluding hydrogens is 351 g/mol. The van der Waals surface area contributed by atoms with Gasteiger partial charge in [0.25, 0.3) is 0 Å². The van der Waals surface area contributed by atoms with Crippen LogP contribution in [0.5, 0.6) is 0 Å². The lowest BCUT2D eigenvalue weighted by atomic mass is 9.90. The minimum atomic E-state index is -1.47. The van der Waals surface area contributed by atoms with Gasteiger partial charge >= 0.3 is 5.97 Å². The van der Waals surface area contributed by atoms with E-state index in [0.29, 0.717) is 26.2 Å². The Morgan fingerprint density at radius 1 is 1.23 bits per heavy atom. The van der Waals surface area contributed by atoms with Crippen molar-refractivity contribution >= 4 is 23.1 Å². The van der Waals surface area contributed by atoms with Gasteiger partial charge in [0.1, 0.15) is 24.1 Å². The zero-order valence-electron chi connectivity index (χ0n) is 14.3. The Morgan fingerprint density at radius 2 is 1.88 bits per heavy atom. The monoisotopic (exact) mass is 371 g/mol. The van der Waals surface area contributed by atoms with E-state index >= 15 is 4.39 Å². The highest BCUT2D eigenvalue weighted by atomic mass is 19.1. The minimum absolute atomic E-state index is 0.208. The molecule has 0 aliphatic carbocycles. The largest absolute Gasteiger partial charge is 0.481 e. The quantitative estimate of drug-likeness (QED) is 0.807. The molecular formula is C17H20F3N3O3. The van der Waals surface area contributed by atoms with Crippen molar-refractivity contribution < 1.29 is 27.9 Å². The standard InChI is InChI=1S/C17H20F3N3O3/c1-21-4-6-22(7-5-21)15-12(19)8-10-14(13(15)20)23(3-2-18)9-11(16(10)24)17(25)26/h8,11H,2-7,9H2,1H3,(H,25,26). The number of hydrogen-bond donors (Lipinski definition) is 1. The number of fused-ring (bicyclic) bond motifs is 1. The lowest BCUT2D eigenvalue weighted by Gasteiger charge is -2.37. The molecule has 0 spiro atoms. The predicted octanol–water partition coefficient (Wildman–Crippen LogP) is 1.39. The number of ketones is 1. The number of nitrogens with zero attached hydrogens (tertiary/aromatic N) is 3. The summed E-state index contributed by atoms with van der Waals surface area (Å²) < 4.78 is 42.8. The molecule has 0 bridgehead atoms. The highest BCUT2D eigenvalue weighted by Gasteiger charge is 2.40. The summed E-state index contributed by atoms with van der Waals surface area (Å²) in [5.74, 6) is -5.57. The number of Topliss-reactive ketones (excluding diaryl/α,β-unsaturated/α-hetero) is 1. The summed E-state index contributed by atoms with van der Waals surface area (Å²) in [6.07, 6.45) is 0. The zero-order chi connectivity index (χ0) is 19.0. The molecule has 1 fully saturated rings. The van der Waals surface area contributed by atoms with E-state index in [1.807, 2.05) is 11.9 Å². The smallest absolute Gasteiger partial charge is 0.316 e. The van der Waals surface area contributed by atoms with E-state index in [4.69, 9.17) is 0 Å². The van der Waals surface area contributed by atoms with Crippen molar-refractivity contribution in [2.45, 2.75) is 0 Å². The number of benzene rings is 1. The van der Waals surface area contributed by atoms with Crippen LogP contribution in [0.1, 0.15) is 10.4 Å². The second-order valence-corrected chi connectivity index (χ2v) is 6.60.